The van der Waals surface area contributed by atoms with E-state index < -0.39 is 35.7 Å². The average Bonchev–Trinajstić information content (AvgIpc) is 3.48. The van der Waals surface area contributed by atoms with Crippen molar-refractivity contribution in [3.8, 4) is 11.3 Å². The van der Waals surface area contributed by atoms with Crippen molar-refractivity contribution in [1.82, 2.24) is 4.98 Å². The SMILES string of the molecule is C[C@H](OC(=O)C1=NN(c2ccc(F)cc2)[C@H](C(N)=O)C1)C(=O)Nc1nc(-c2ccccc2)cs1. The van der Waals surface area contributed by atoms with Gasteiger partial charge in [-0.1, -0.05) is 30.3 Å². The molecule has 34 heavy (non-hydrogen) atoms. The van der Waals surface area contributed by atoms with E-state index in [0.29, 0.717) is 16.5 Å². The van der Waals surface area contributed by atoms with E-state index in [9.17, 15) is 18.8 Å². The van der Waals surface area contributed by atoms with Crippen LogP contribution in [0.4, 0.5) is 15.2 Å². The number of hydrogen-bond acceptors (Lipinski definition) is 8. The number of carbonyl (C=O) groups excluding carboxylic acids is 3. The molecule has 3 aromatic rings. The van der Waals surface area contributed by atoms with Crippen LogP contribution in [0.5, 0.6) is 0 Å². The maximum absolute atomic E-state index is 13.2. The molecule has 0 bridgehead atoms. The second kappa shape index (κ2) is 9.79. The van der Waals surface area contributed by atoms with E-state index >= 15 is 0 Å². The first-order valence-electron chi connectivity index (χ1n) is 10.3. The molecular weight excluding hydrogens is 461 g/mol. The van der Waals surface area contributed by atoms with Crippen molar-refractivity contribution in [2.24, 2.45) is 10.8 Å². The Morgan fingerprint density at radius 2 is 1.88 bits per heavy atom. The molecule has 174 valence electrons. The third kappa shape index (κ3) is 5.09. The number of nitrogens with zero attached hydrogens (tertiary/aromatic N) is 3. The van der Waals surface area contributed by atoms with Crippen molar-refractivity contribution in [3.05, 3.63) is 65.8 Å². The smallest absolute Gasteiger partial charge is 0.355 e. The normalized spacial score (nSPS) is 16.0. The number of anilines is 2. The maximum Gasteiger partial charge on any atom is 0.355 e. The Balaban J connectivity index is 1.40. The second-order valence-electron chi connectivity index (χ2n) is 7.43. The van der Waals surface area contributed by atoms with Gasteiger partial charge in [0.1, 0.15) is 17.6 Å². The Kier molecular flexibility index (Phi) is 6.64. The highest BCUT2D eigenvalue weighted by molar-refractivity contribution is 7.14. The molecule has 9 nitrogen and oxygen atoms in total. The van der Waals surface area contributed by atoms with Crippen molar-refractivity contribution in [2.45, 2.75) is 25.5 Å². The van der Waals surface area contributed by atoms with Gasteiger partial charge in [-0.3, -0.25) is 19.9 Å². The molecule has 3 N–H and O–H groups in total. The summed E-state index contributed by atoms with van der Waals surface area (Å²) in [6.07, 6.45) is -1.25. The highest BCUT2D eigenvalue weighted by Gasteiger charge is 2.36. The summed E-state index contributed by atoms with van der Waals surface area (Å²) in [5, 5.41) is 10.2. The molecule has 2 aromatic carbocycles. The van der Waals surface area contributed by atoms with Crippen molar-refractivity contribution >= 4 is 45.7 Å². The average molecular weight is 482 g/mol. The number of rotatable bonds is 7. The number of aromatic nitrogens is 1. The molecule has 2 amide bonds. The topological polar surface area (TPSA) is 127 Å². The summed E-state index contributed by atoms with van der Waals surface area (Å²) in [6.45, 7) is 1.41. The van der Waals surface area contributed by atoms with Gasteiger partial charge < -0.3 is 10.5 Å². The summed E-state index contributed by atoms with van der Waals surface area (Å²) in [6, 6.07) is 13.8. The van der Waals surface area contributed by atoms with E-state index in [-0.39, 0.29) is 12.1 Å². The fourth-order valence-corrected chi connectivity index (χ4v) is 3.97. The van der Waals surface area contributed by atoms with Gasteiger partial charge in [-0.25, -0.2) is 14.2 Å². The number of nitrogens with two attached hydrogens (primary N) is 1. The standard InChI is InChI=1S/C23H20FN5O4S/c1-13(21(31)27-23-26-18(12-34-23)14-5-3-2-4-6-14)33-22(32)17-11-19(20(25)30)29(28-17)16-9-7-15(24)8-10-16/h2-10,12-13,19H,11H2,1H3,(H2,25,30)(H,26,27,31)/t13-,19-/m0/s1. The van der Waals surface area contributed by atoms with Gasteiger partial charge in [0.25, 0.3) is 5.91 Å². The number of hydrazone groups is 1. The quantitative estimate of drug-likeness (QED) is 0.500. The Morgan fingerprint density at radius 3 is 2.56 bits per heavy atom. The predicted molar refractivity (Wildman–Crippen MR) is 126 cm³/mol. The zero-order valence-corrected chi connectivity index (χ0v) is 18.8. The van der Waals surface area contributed by atoms with Crippen molar-refractivity contribution in [3.63, 3.8) is 0 Å². The molecule has 0 spiro atoms. The molecule has 2 atom stereocenters. The van der Waals surface area contributed by atoms with Gasteiger partial charge >= 0.3 is 5.97 Å². The molecule has 0 saturated heterocycles. The highest BCUT2D eigenvalue weighted by atomic mass is 32.1. The Hall–Kier alpha value is -4.12. The van der Waals surface area contributed by atoms with Crippen LogP contribution in [0.1, 0.15) is 13.3 Å². The van der Waals surface area contributed by atoms with E-state index in [4.69, 9.17) is 10.5 Å². The molecule has 0 unspecified atom stereocenters. The Morgan fingerprint density at radius 1 is 1.18 bits per heavy atom. The van der Waals surface area contributed by atoms with Gasteiger partial charge in [0.15, 0.2) is 11.2 Å². The molecule has 4 rings (SSSR count). The molecular formula is C23H20FN5O4S. The number of ether oxygens (including phenoxy) is 1. The number of benzene rings is 2. The number of primary amides is 1. The first kappa shape index (κ1) is 23.1. The third-order valence-corrected chi connectivity index (χ3v) is 5.78. The van der Waals surface area contributed by atoms with Crippen LogP contribution in [0.3, 0.4) is 0 Å². The first-order chi connectivity index (χ1) is 16.3. The molecule has 11 heteroatoms. The first-order valence-corrected chi connectivity index (χ1v) is 11.1. The van der Waals surface area contributed by atoms with Crippen LogP contribution < -0.4 is 16.1 Å². The van der Waals surface area contributed by atoms with E-state index in [2.05, 4.69) is 15.4 Å². The lowest BCUT2D eigenvalue weighted by Crippen LogP contribution is -2.39. The van der Waals surface area contributed by atoms with Crippen LogP contribution in [-0.4, -0.2) is 40.6 Å². The summed E-state index contributed by atoms with van der Waals surface area (Å²) >= 11 is 1.24. The molecule has 0 aliphatic carbocycles. The number of amides is 2. The largest absolute Gasteiger partial charge is 0.448 e. The summed E-state index contributed by atoms with van der Waals surface area (Å²) in [5.41, 5.74) is 7.38. The lowest BCUT2D eigenvalue weighted by Gasteiger charge is -2.20. The summed E-state index contributed by atoms with van der Waals surface area (Å²) in [5.74, 6) is -2.59. The van der Waals surface area contributed by atoms with Gasteiger partial charge in [0.2, 0.25) is 5.91 Å². The number of nitrogens with one attached hydrogen (secondary N) is 1. The van der Waals surface area contributed by atoms with E-state index in [1.807, 2.05) is 35.7 Å². The fourth-order valence-electron chi connectivity index (χ4n) is 3.25. The fraction of sp³-hybridized carbons (Fsp3) is 0.174. The van der Waals surface area contributed by atoms with Gasteiger partial charge in [-0.15, -0.1) is 11.3 Å². The maximum atomic E-state index is 13.2. The molecule has 2 heterocycles. The number of carbonyl (C=O) groups is 3. The zero-order chi connectivity index (χ0) is 24.2. The number of hydrogen-bond donors (Lipinski definition) is 2. The summed E-state index contributed by atoms with van der Waals surface area (Å²) < 4.78 is 18.5. The van der Waals surface area contributed by atoms with Gasteiger partial charge in [0.05, 0.1) is 11.4 Å². The molecule has 1 aliphatic heterocycles. The van der Waals surface area contributed by atoms with Crippen LogP contribution >= 0.6 is 11.3 Å². The van der Waals surface area contributed by atoms with Crippen molar-refractivity contribution in [1.29, 1.82) is 0 Å². The Labute approximate surface area is 198 Å². The number of thiazole rings is 1. The molecule has 1 aromatic heterocycles. The number of halogens is 1. The van der Waals surface area contributed by atoms with Gasteiger partial charge in [0, 0.05) is 17.4 Å². The molecule has 1 aliphatic rings. The zero-order valence-electron chi connectivity index (χ0n) is 18.0. The number of esters is 1. The van der Waals surface area contributed by atoms with Gasteiger partial charge in [-0.2, -0.15) is 5.10 Å². The molecule has 0 fully saturated rings. The second-order valence-corrected chi connectivity index (χ2v) is 8.29. The Bertz CT molecular complexity index is 1250. The minimum atomic E-state index is -1.15. The lowest BCUT2D eigenvalue weighted by molar-refractivity contribution is -0.146. The van der Waals surface area contributed by atoms with Crippen LogP contribution in [0.25, 0.3) is 11.3 Å². The minimum absolute atomic E-state index is 0.0756. The van der Waals surface area contributed by atoms with E-state index in [1.165, 1.54) is 47.5 Å². The van der Waals surface area contributed by atoms with Crippen LogP contribution in [0, 0.1) is 5.82 Å². The minimum Gasteiger partial charge on any atom is -0.448 e. The third-order valence-electron chi connectivity index (χ3n) is 5.02. The monoisotopic (exact) mass is 481 g/mol. The lowest BCUT2D eigenvalue weighted by atomic mass is 10.1. The van der Waals surface area contributed by atoms with Crippen molar-refractivity contribution in [2.75, 3.05) is 10.3 Å². The molecule has 0 saturated carbocycles. The van der Waals surface area contributed by atoms with E-state index in [0.717, 1.165) is 5.56 Å². The van der Waals surface area contributed by atoms with Crippen LogP contribution in [0.2, 0.25) is 0 Å². The summed E-state index contributed by atoms with van der Waals surface area (Å²) in [4.78, 5) is 41.4. The summed E-state index contributed by atoms with van der Waals surface area (Å²) in [7, 11) is 0. The highest BCUT2D eigenvalue weighted by Crippen LogP contribution is 2.26. The predicted octanol–water partition coefficient (Wildman–Crippen LogP) is 2.94. The molecule has 0 radical (unpaired) electrons. The van der Waals surface area contributed by atoms with E-state index in [1.54, 1.807) is 0 Å². The van der Waals surface area contributed by atoms with Gasteiger partial charge in [-0.05, 0) is 31.2 Å². The van der Waals surface area contributed by atoms with Crippen LogP contribution in [-0.2, 0) is 19.1 Å². The van der Waals surface area contributed by atoms with Crippen molar-refractivity contribution < 1.29 is 23.5 Å². The van der Waals surface area contributed by atoms with Crippen LogP contribution in [0.15, 0.2) is 65.1 Å².